The number of hydrogen-bond acceptors (Lipinski definition) is 3. The molecule has 1 aromatic rings. The molecule has 0 aliphatic carbocycles. The summed E-state index contributed by atoms with van der Waals surface area (Å²) in [7, 11) is 0. The number of terminal acetylenes is 1. The molecule has 0 radical (unpaired) electrons. The van der Waals surface area contributed by atoms with E-state index in [1.807, 2.05) is 6.92 Å². The van der Waals surface area contributed by atoms with Crippen molar-refractivity contribution in [3.8, 4) is 12.3 Å². The lowest BCUT2D eigenvalue weighted by Crippen LogP contribution is -1.97. The van der Waals surface area contributed by atoms with Crippen molar-refractivity contribution in [3.63, 3.8) is 0 Å². The molecule has 0 spiro atoms. The van der Waals surface area contributed by atoms with Gasteiger partial charge in [0.2, 0.25) is 5.95 Å². The van der Waals surface area contributed by atoms with Crippen LogP contribution in [0.1, 0.15) is 11.4 Å². The van der Waals surface area contributed by atoms with Crippen molar-refractivity contribution < 1.29 is 0 Å². The number of aromatic nitrogens is 2. The summed E-state index contributed by atoms with van der Waals surface area (Å²) in [6, 6.07) is 1.70. The number of nitrogens with zero attached hydrogens (tertiary/aromatic N) is 2. The molecule has 1 aromatic heterocycles. The van der Waals surface area contributed by atoms with Gasteiger partial charge in [-0.15, -0.1) is 6.42 Å². The Hall–Kier alpha value is -1.56. The van der Waals surface area contributed by atoms with Crippen LogP contribution in [0.25, 0.3) is 0 Å². The fraction of sp³-hybridized carbons (Fsp3) is 0.143. The number of hydrogen-bond donors (Lipinski definition) is 1. The van der Waals surface area contributed by atoms with E-state index in [0.29, 0.717) is 5.69 Å². The van der Waals surface area contributed by atoms with Crippen LogP contribution in [-0.2, 0) is 0 Å². The molecular formula is C7H7N3. The quantitative estimate of drug-likeness (QED) is 0.519. The number of nitrogen functional groups attached to an aromatic ring is 1. The molecule has 0 fully saturated rings. The summed E-state index contributed by atoms with van der Waals surface area (Å²) in [6.45, 7) is 1.82. The standard InChI is InChI=1S/C7H7N3/c1-3-6-4-5(2)9-7(8)10-6/h1,4H,2H3,(H2,8,9,10). The molecular weight excluding hydrogens is 126 g/mol. The molecule has 1 rings (SSSR count). The normalized spacial score (nSPS) is 8.80. The Labute approximate surface area is 59.3 Å². The lowest BCUT2D eigenvalue weighted by atomic mass is 10.3. The van der Waals surface area contributed by atoms with Crippen molar-refractivity contribution in [2.75, 3.05) is 5.73 Å². The van der Waals surface area contributed by atoms with Gasteiger partial charge in [-0.25, -0.2) is 9.97 Å². The zero-order valence-corrected chi connectivity index (χ0v) is 5.63. The van der Waals surface area contributed by atoms with Gasteiger partial charge in [-0.05, 0) is 13.0 Å². The fourth-order valence-corrected chi connectivity index (χ4v) is 0.665. The van der Waals surface area contributed by atoms with Gasteiger partial charge in [0.15, 0.2) is 0 Å². The second-order valence-corrected chi connectivity index (χ2v) is 1.90. The minimum absolute atomic E-state index is 0.230. The van der Waals surface area contributed by atoms with E-state index < -0.39 is 0 Å². The highest BCUT2D eigenvalue weighted by molar-refractivity contribution is 5.31. The van der Waals surface area contributed by atoms with Crippen LogP contribution in [0, 0.1) is 19.3 Å². The maximum Gasteiger partial charge on any atom is 0.221 e. The molecule has 50 valence electrons. The Balaban J connectivity index is 3.22. The average molecular weight is 133 g/mol. The summed E-state index contributed by atoms with van der Waals surface area (Å²) in [6.07, 6.45) is 5.09. The van der Waals surface area contributed by atoms with E-state index in [9.17, 15) is 0 Å². The van der Waals surface area contributed by atoms with Gasteiger partial charge >= 0.3 is 0 Å². The molecule has 0 atom stereocenters. The van der Waals surface area contributed by atoms with Gasteiger partial charge in [-0.3, -0.25) is 0 Å². The van der Waals surface area contributed by atoms with Crippen molar-refractivity contribution >= 4 is 5.95 Å². The maximum absolute atomic E-state index is 5.32. The molecule has 0 bridgehead atoms. The average Bonchev–Trinajstić information content (AvgIpc) is 1.85. The van der Waals surface area contributed by atoms with E-state index in [0.717, 1.165) is 5.69 Å². The first-order chi connectivity index (χ1) is 4.72. The minimum atomic E-state index is 0.230. The third-order valence-corrected chi connectivity index (χ3v) is 1.02. The zero-order chi connectivity index (χ0) is 7.56. The van der Waals surface area contributed by atoms with Crippen LogP contribution in [0.15, 0.2) is 6.07 Å². The second kappa shape index (κ2) is 2.36. The van der Waals surface area contributed by atoms with E-state index in [-0.39, 0.29) is 5.95 Å². The van der Waals surface area contributed by atoms with Crippen molar-refractivity contribution in [1.82, 2.24) is 9.97 Å². The predicted octanol–water partition coefficient (Wildman–Crippen LogP) is 0.349. The van der Waals surface area contributed by atoms with Crippen molar-refractivity contribution in [2.24, 2.45) is 0 Å². The Kier molecular flexibility index (Phi) is 1.55. The van der Waals surface area contributed by atoms with Gasteiger partial charge in [-0.2, -0.15) is 0 Å². The highest BCUT2D eigenvalue weighted by atomic mass is 15.0. The van der Waals surface area contributed by atoms with Crippen LogP contribution in [0.4, 0.5) is 5.95 Å². The summed E-state index contributed by atoms with van der Waals surface area (Å²) in [5.74, 6) is 2.61. The third-order valence-electron chi connectivity index (χ3n) is 1.02. The topological polar surface area (TPSA) is 51.8 Å². The molecule has 1 heterocycles. The second-order valence-electron chi connectivity index (χ2n) is 1.90. The zero-order valence-electron chi connectivity index (χ0n) is 5.63. The first-order valence-corrected chi connectivity index (χ1v) is 2.80. The molecule has 3 heteroatoms. The van der Waals surface area contributed by atoms with Crippen LogP contribution in [0.2, 0.25) is 0 Å². The molecule has 0 unspecified atom stereocenters. The van der Waals surface area contributed by atoms with Crippen LogP contribution in [-0.4, -0.2) is 9.97 Å². The van der Waals surface area contributed by atoms with Gasteiger partial charge in [-0.1, -0.05) is 5.92 Å². The number of aryl methyl sites for hydroxylation is 1. The molecule has 0 saturated carbocycles. The fourth-order valence-electron chi connectivity index (χ4n) is 0.665. The molecule has 0 amide bonds. The minimum Gasteiger partial charge on any atom is -0.368 e. The van der Waals surface area contributed by atoms with Gasteiger partial charge in [0.25, 0.3) is 0 Å². The Morgan fingerprint density at radius 2 is 2.30 bits per heavy atom. The number of anilines is 1. The van der Waals surface area contributed by atoms with Crippen molar-refractivity contribution in [1.29, 1.82) is 0 Å². The van der Waals surface area contributed by atoms with Crippen LogP contribution in [0.5, 0.6) is 0 Å². The van der Waals surface area contributed by atoms with E-state index >= 15 is 0 Å². The summed E-state index contributed by atoms with van der Waals surface area (Å²) in [4.78, 5) is 7.64. The van der Waals surface area contributed by atoms with Gasteiger partial charge in [0.05, 0.1) is 0 Å². The number of rotatable bonds is 0. The van der Waals surface area contributed by atoms with E-state index in [2.05, 4.69) is 15.9 Å². The first-order valence-electron chi connectivity index (χ1n) is 2.80. The molecule has 0 saturated heterocycles. The van der Waals surface area contributed by atoms with Gasteiger partial charge in [0.1, 0.15) is 5.69 Å². The molecule has 0 aliphatic rings. The SMILES string of the molecule is C#Cc1cc(C)nc(N)n1. The van der Waals surface area contributed by atoms with Gasteiger partial charge < -0.3 is 5.73 Å². The maximum atomic E-state index is 5.32. The summed E-state index contributed by atoms with van der Waals surface area (Å²) < 4.78 is 0. The third kappa shape index (κ3) is 1.23. The molecule has 0 aromatic carbocycles. The largest absolute Gasteiger partial charge is 0.368 e. The van der Waals surface area contributed by atoms with Crippen LogP contribution >= 0.6 is 0 Å². The van der Waals surface area contributed by atoms with E-state index in [4.69, 9.17) is 12.2 Å². The first kappa shape index (κ1) is 6.56. The lowest BCUT2D eigenvalue weighted by molar-refractivity contribution is 1.10. The molecule has 10 heavy (non-hydrogen) atoms. The predicted molar refractivity (Wildman–Crippen MR) is 39.1 cm³/mol. The summed E-state index contributed by atoms with van der Waals surface area (Å²) >= 11 is 0. The smallest absolute Gasteiger partial charge is 0.221 e. The Morgan fingerprint density at radius 1 is 1.60 bits per heavy atom. The summed E-state index contributed by atoms with van der Waals surface area (Å²) in [5.41, 5.74) is 6.64. The highest BCUT2D eigenvalue weighted by Gasteiger charge is 1.93. The molecule has 2 N–H and O–H groups in total. The highest BCUT2D eigenvalue weighted by Crippen LogP contribution is 1.98. The Morgan fingerprint density at radius 3 is 2.80 bits per heavy atom. The summed E-state index contributed by atoms with van der Waals surface area (Å²) in [5, 5.41) is 0. The monoisotopic (exact) mass is 133 g/mol. The Bertz CT molecular complexity index is 265. The number of nitrogens with two attached hydrogens (primary N) is 1. The van der Waals surface area contributed by atoms with Crippen LogP contribution in [0.3, 0.4) is 0 Å². The molecule has 0 aliphatic heterocycles. The van der Waals surface area contributed by atoms with E-state index in [1.165, 1.54) is 0 Å². The van der Waals surface area contributed by atoms with Gasteiger partial charge in [0, 0.05) is 5.69 Å². The molecule has 3 nitrogen and oxygen atoms in total. The van der Waals surface area contributed by atoms with Crippen LogP contribution < -0.4 is 5.73 Å². The van der Waals surface area contributed by atoms with E-state index in [1.54, 1.807) is 6.07 Å². The van der Waals surface area contributed by atoms with Crippen molar-refractivity contribution in [3.05, 3.63) is 17.5 Å². The van der Waals surface area contributed by atoms with Crippen molar-refractivity contribution in [2.45, 2.75) is 6.92 Å². The lowest BCUT2D eigenvalue weighted by Gasteiger charge is -1.94.